The van der Waals surface area contributed by atoms with Crippen molar-refractivity contribution in [2.45, 2.75) is 45.6 Å². The summed E-state index contributed by atoms with van der Waals surface area (Å²) in [6.07, 6.45) is 3.74. The van der Waals surface area contributed by atoms with E-state index in [9.17, 15) is 14.0 Å². The third kappa shape index (κ3) is 6.01. The van der Waals surface area contributed by atoms with Crippen molar-refractivity contribution in [2.24, 2.45) is 0 Å². The Bertz CT molecular complexity index is 1610. The van der Waals surface area contributed by atoms with Gasteiger partial charge in [-0.2, -0.15) is 14.2 Å². The Morgan fingerprint density at radius 1 is 1.14 bits per heavy atom. The van der Waals surface area contributed by atoms with Crippen LogP contribution in [0, 0.1) is 12.9 Å². The zero-order chi connectivity index (χ0) is 30.0. The standard InChI is InChI=1S/C31H34FN5O4S/c1-5-20-16-23(9-10-24(20)21-11-13-36(14-12-21)31(40)35(3)4)41-18-22-15-19(2)42-28(22)26-7-6-8-27(34-26)37-29(32)25(17-33-37)30(38)39/h6-10,15-17,21H,5,11-14,18H2,1-4H3,(H,38,39). The summed E-state index contributed by atoms with van der Waals surface area (Å²) in [4.78, 5) is 33.7. The highest BCUT2D eigenvalue weighted by Gasteiger charge is 2.26. The van der Waals surface area contributed by atoms with E-state index in [1.807, 2.05) is 24.0 Å². The molecule has 1 fully saturated rings. The van der Waals surface area contributed by atoms with Crippen molar-refractivity contribution in [3.8, 4) is 22.1 Å². The van der Waals surface area contributed by atoms with Gasteiger partial charge in [-0.1, -0.05) is 19.1 Å². The van der Waals surface area contributed by atoms with Crippen molar-refractivity contribution in [1.29, 1.82) is 0 Å². The summed E-state index contributed by atoms with van der Waals surface area (Å²) in [6.45, 7) is 6.00. The Morgan fingerprint density at radius 2 is 1.90 bits per heavy atom. The number of carboxylic acid groups (broad SMARTS) is 1. The number of carbonyl (C=O) groups excluding carboxylic acids is 1. The van der Waals surface area contributed by atoms with Crippen LogP contribution < -0.4 is 4.74 Å². The van der Waals surface area contributed by atoms with Gasteiger partial charge in [0.25, 0.3) is 0 Å². The number of ether oxygens (including phenoxy) is 1. The number of piperidine rings is 1. The normalized spacial score (nSPS) is 13.8. The number of likely N-dealkylation sites (tertiary alicyclic amines) is 1. The number of carboxylic acids is 1. The van der Waals surface area contributed by atoms with Gasteiger partial charge in [-0.3, -0.25) is 0 Å². The van der Waals surface area contributed by atoms with Crippen molar-refractivity contribution in [2.75, 3.05) is 27.2 Å². The smallest absolute Gasteiger partial charge is 0.342 e. The van der Waals surface area contributed by atoms with Crippen molar-refractivity contribution in [3.63, 3.8) is 0 Å². The largest absolute Gasteiger partial charge is 0.489 e. The second-order valence-corrected chi connectivity index (χ2v) is 11.9. The number of aromatic nitrogens is 3. The molecular formula is C31H34FN5O4S. The number of halogens is 1. The number of pyridine rings is 1. The molecule has 0 atom stereocenters. The van der Waals surface area contributed by atoms with Crippen LogP contribution in [0.2, 0.25) is 0 Å². The second kappa shape index (κ2) is 12.3. The molecule has 42 heavy (non-hydrogen) atoms. The maximum Gasteiger partial charge on any atom is 0.342 e. The van der Waals surface area contributed by atoms with E-state index in [2.05, 4.69) is 35.2 Å². The lowest BCUT2D eigenvalue weighted by molar-refractivity contribution is 0.0691. The van der Waals surface area contributed by atoms with Crippen molar-refractivity contribution in [3.05, 3.63) is 81.7 Å². The molecular weight excluding hydrogens is 557 g/mol. The molecule has 5 rings (SSSR count). The fraction of sp³-hybridized carbons (Fsp3) is 0.355. The first-order chi connectivity index (χ1) is 20.2. The Labute approximate surface area is 248 Å². The van der Waals surface area contributed by atoms with E-state index in [-0.39, 0.29) is 11.8 Å². The van der Waals surface area contributed by atoms with Crippen LogP contribution in [0.3, 0.4) is 0 Å². The third-order valence-electron chi connectivity index (χ3n) is 7.53. The predicted octanol–water partition coefficient (Wildman–Crippen LogP) is 6.14. The number of rotatable bonds is 8. The lowest BCUT2D eigenvalue weighted by Gasteiger charge is -2.34. The van der Waals surface area contributed by atoms with Crippen LogP contribution in [-0.4, -0.2) is 68.9 Å². The minimum absolute atomic E-state index is 0.0683. The van der Waals surface area contributed by atoms with Crippen LogP contribution in [0.4, 0.5) is 9.18 Å². The highest BCUT2D eigenvalue weighted by molar-refractivity contribution is 7.15. The molecule has 0 radical (unpaired) electrons. The molecule has 220 valence electrons. The number of benzene rings is 1. The Morgan fingerprint density at radius 3 is 2.57 bits per heavy atom. The fourth-order valence-corrected chi connectivity index (χ4v) is 6.39. The molecule has 4 aromatic rings. The topological polar surface area (TPSA) is 101 Å². The molecule has 1 saturated heterocycles. The minimum atomic E-state index is -1.38. The van der Waals surface area contributed by atoms with E-state index >= 15 is 0 Å². The van der Waals surface area contributed by atoms with Crippen LogP contribution in [0.25, 0.3) is 16.4 Å². The summed E-state index contributed by atoms with van der Waals surface area (Å²) < 4.78 is 21.8. The number of thiophene rings is 1. The zero-order valence-corrected chi connectivity index (χ0v) is 24.9. The van der Waals surface area contributed by atoms with Crippen LogP contribution in [0.5, 0.6) is 5.75 Å². The lowest BCUT2D eigenvalue weighted by atomic mass is 9.86. The summed E-state index contributed by atoms with van der Waals surface area (Å²) >= 11 is 1.56. The molecule has 0 spiro atoms. The number of hydrogen-bond donors (Lipinski definition) is 1. The van der Waals surface area contributed by atoms with Gasteiger partial charge in [0.15, 0.2) is 5.82 Å². The van der Waals surface area contributed by atoms with E-state index < -0.39 is 17.5 Å². The Kier molecular flexibility index (Phi) is 8.58. The SMILES string of the molecule is CCc1cc(OCc2cc(C)sc2-c2cccc(-n3ncc(C(=O)O)c3F)n2)ccc1C1CCN(C(=O)N(C)C)CC1. The first-order valence-corrected chi connectivity index (χ1v) is 14.7. The number of carbonyl (C=O) groups is 2. The number of amides is 2. The van der Waals surface area contributed by atoms with E-state index in [0.29, 0.717) is 18.2 Å². The third-order valence-corrected chi connectivity index (χ3v) is 8.65. The van der Waals surface area contributed by atoms with Gasteiger partial charge in [0.05, 0.1) is 16.8 Å². The van der Waals surface area contributed by atoms with Gasteiger partial charge in [0.2, 0.25) is 5.95 Å². The van der Waals surface area contributed by atoms with Crippen molar-refractivity contribution >= 4 is 23.3 Å². The molecule has 11 heteroatoms. The maximum atomic E-state index is 14.6. The van der Waals surface area contributed by atoms with E-state index in [1.165, 1.54) is 11.1 Å². The molecule has 0 unspecified atom stereocenters. The minimum Gasteiger partial charge on any atom is -0.489 e. The monoisotopic (exact) mass is 591 g/mol. The molecule has 1 aliphatic heterocycles. The number of urea groups is 1. The fourth-order valence-electron chi connectivity index (χ4n) is 5.40. The quantitative estimate of drug-likeness (QED) is 0.264. The van der Waals surface area contributed by atoms with Gasteiger partial charge in [-0.25, -0.2) is 14.6 Å². The molecule has 1 aliphatic rings. The molecule has 0 aliphatic carbocycles. The summed E-state index contributed by atoms with van der Waals surface area (Å²) in [5, 5.41) is 13.0. The molecule has 1 aromatic carbocycles. The van der Waals surface area contributed by atoms with Gasteiger partial charge in [-0.05, 0) is 73.6 Å². The van der Waals surface area contributed by atoms with Crippen LogP contribution in [0.15, 0.2) is 48.7 Å². The lowest BCUT2D eigenvalue weighted by Crippen LogP contribution is -2.43. The highest BCUT2D eigenvalue weighted by atomic mass is 32.1. The van der Waals surface area contributed by atoms with Gasteiger partial charge in [-0.15, -0.1) is 11.3 Å². The average molecular weight is 592 g/mol. The van der Waals surface area contributed by atoms with Crippen LogP contribution >= 0.6 is 11.3 Å². The number of aromatic carboxylic acids is 1. The predicted molar refractivity (Wildman–Crippen MR) is 159 cm³/mol. The molecule has 1 N–H and O–H groups in total. The van der Waals surface area contributed by atoms with Gasteiger partial charge in [0.1, 0.15) is 17.9 Å². The summed E-state index contributed by atoms with van der Waals surface area (Å²) in [5.74, 6) is -0.969. The summed E-state index contributed by atoms with van der Waals surface area (Å²) in [6, 6.07) is 13.6. The number of aryl methyl sites for hydroxylation is 2. The van der Waals surface area contributed by atoms with Gasteiger partial charge >= 0.3 is 12.0 Å². The highest BCUT2D eigenvalue weighted by Crippen LogP contribution is 2.35. The maximum absolute atomic E-state index is 14.6. The van der Waals surface area contributed by atoms with E-state index in [4.69, 9.17) is 9.84 Å². The first-order valence-electron chi connectivity index (χ1n) is 13.9. The summed E-state index contributed by atoms with van der Waals surface area (Å²) in [5.41, 5.74) is 3.65. The molecule has 2 amide bonds. The van der Waals surface area contributed by atoms with Crippen LogP contribution in [-0.2, 0) is 13.0 Å². The van der Waals surface area contributed by atoms with E-state index in [0.717, 1.165) is 64.3 Å². The van der Waals surface area contributed by atoms with Crippen molar-refractivity contribution in [1.82, 2.24) is 24.6 Å². The van der Waals surface area contributed by atoms with Gasteiger partial charge < -0.3 is 19.6 Å². The second-order valence-electron chi connectivity index (χ2n) is 10.6. The Balaban J connectivity index is 1.31. The molecule has 4 heterocycles. The molecule has 0 bridgehead atoms. The first kappa shape index (κ1) is 29.2. The van der Waals surface area contributed by atoms with Crippen LogP contribution in [0.1, 0.15) is 57.6 Å². The number of nitrogens with zero attached hydrogens (tertiary/aromatic N) is 5. The summed E-state index contributed by atoms with van der Waals surface area (Å²) in [7, 11) is 3.58. The number of hydrogen-bond acceptors (Lipinski definition) is 6. The zero-order valence-electron chi connectivity index (χ0n) is 24.1. The molecule has 3 aromatic heterocycles. The molecule has 0 saturated carbocycles. The van der Waals surface area contributed by atoms with Crippen molar-refractivity contribution < 1.29 is 23.8 Å². The Hall–Kier alpha value is -4.25. The average Bonchev–Trinajstić information content (AvgIpc) is 3.57. The van der Waals surface area contributed by atoms with Gasteiger partial charge in [0, 0.05) is 37.6 Å². The molecule has 9 nitrogen and oxygen atoms in total. The van der Waals surface area contributed by atoms with E-state index in [1.54, 1.807) is 42.5 Å².